The largest absolute Gasteiger partial charge is 0.508 e. The van der Waals surface area contributed by atoms with Gasteiger partial charge in [-0.2, -0.15) is 0 Å². The number of ether oxygens (including phenoxy) is 4. The average Bonchev–Trinajstić information content (AvgIpc) is 2.94. The van der Waals surface area contributed by atoms with Crippen LogP contribution in [0.15, 0.2) is 51.7 Å². The van der Waals surface area contributed by atoms with Crippen molar-refractivity contribution in [3.63, 3.8) is 0 Å². The molecule has 0 spiro atoms. The highest BCUT2D eigenvalue weighted by Crippen LogP contribution is 2.34. The Morgan fingerprint density at radius 3 is 2.20 bits per heavy atom. The maximum Gasteiger partial charge on any atom is 0.229 e. The summed E-state index contributed by atoms with van der Waals surface area (Å²) < 4.78 is 28.0. The summed E-state index contributed by atoms with van der Waals surface area (Å²) in [7, 11) is 0. The first kappa shape index (κ1) is 29.2. The highest BCUT2D eigenvalue weighted by atomic mass is 16.7. The Morgan fingerprint density at radius 1 is 0.829 bits per heavy atom. The molecule has 0 bridgehead atoms. The minimum absolute atomic E-state index is 0.0145. The molecule has 3 heterocycles. The normalized spacial score (nSPS) is 34.0. The molecule has 14 nitrogen and oxygen atoms in total. The highest BCUT2D eigenvalue weighted by Gasteiger charge is 2.50. The van der Waals surface area contributed by atoms with E-state index in [2.05, 4.69) is 0 Å². The van der Waals surface area contributed by atoms with Gasteiger partial charge in [-0.1, -0.05) is 0 Å². The SMILES string of the molecule is C[C@@H]1O[C@@H](O[C@H]2[C@H](O)[C@@H](O)[C@H](Oc3cc(O)c4c(=O)cc(-c5ccc(O)cc5)oc4c3)O[C@@H]2CO)[C@H](O)[C@H](O)[C@H]1O. The smallest absolute Gasteiger partial charge is 0.229 e. The lowest BCUT2D eigenvalue weighted by Gasteiger charge is -2.45. The van der Waals surface area contributed by atoms with Gasteiger partial charge in [0.15, 0.2) is 11.7 Å². The number of rotatable bonds is 6. The van der Waals surface area contributed by atoms with E-state index in [1.165, 1.54) is 43.3 Å². The van der Waals surface area contributed by atoms with E-state index >= 15 is 0 Å². The first-order chi connectivity index (χ1) is 19.5. The number of aliphatic hydroxyl groups is 6. The summed E-state index contributed by atoms with van der Waals surface area (Å²) in [6.45, 7) is 0.701. The summed E-state index contributed by atoms with van der Waals surface area (Å²) >= 11 is 0. The van der Waals surface area contributed by atoms with Crippen LogP contribution in [0.3, 0.4) is 0 Å². The second-order valence-electron chi connectivity index (χ2n) is 9.94. The van der Waals surface area contributed by atoms with E-state index in [1.807, 2.05) is 0 Å². The van der Waals surface area contributed by atoms with Gasteiger partial charge < -0.3 is 64.2 Å². The van der Waals surface area contributed by atoms with Crippen molar-refractivity contribution in [3.05, 3.63) is 52.7 Å². The Labute approximate surface area is 231 Å². The van der Waals surface area contributed by atoms with Gasteiger partial charge in [0.1, 0.15) is 76.7 Å². The number of phenolic OH excluding ortho intramolecular Hbond substituents is 2. The first-order valence-corrected chi connectivity index (χ1v) is 12.7. The molecule has 14 heteroatoms. The van der Waals surface area contributed by atoms with Crippen molar-refractivity contribution in [2.24, 2.45) is 0 Å². The lowest BCUT2D eigenvalue weighted by molar-refractivity contribution is -0.349. The van der Waals surface area contributed by atoms with E-state index in [0.717, 1.165) is 6.07 Å². The molecular formula is C27H30O14. The number of hydrogen-bond acceptors (Lipinski definition) is 14. The predicted molar refractivity (Wildman–Crippen MR) is 137 cm³/mol. The van der Waals surface area contributed by atoms with Gasteiger partial charge in [0.2, 0.25) is 6.29 Å². The zero-order valence-corrected chi connectivity index (χ0v) is 21.5. The molecule has 8 N–H and O–H groups in total. The minimum Gasteiger partial charge on any atom is -0.508 e. The lowest BCUT2D eigenvalue weighted by atomic mass is 9.97. The van der Waals surface area contributed by atoms with Gasteiger partial charge in [0.05, 0.1) is 12.7 Å². The second kappa shape index (κ2) is 11.5. The quantitative estimate of drug-likeness (QED) is 0.174. The molecule has 1 aromatic heterocycles. The van der Waals surface area contributed by atoms with Crippen LogP contribution in [0.5, 0.6) is 17.2 Å². The Hall–Kier alpha value is -3.31. The van der Waals surface area contributed by atoms with Gasteiger partial charge in [0.25, 0.3) is 0 Å². The lowest BCUT2D eigenvalue weighted by Crippen LogP contribution is -2.64. The van der Waals surface area contributed by atoms with Crippen molar-refractivity contribution in [1.82, 2.24) is 0 Å². The highest BCUT2D eigenvalue weighted by molar-refractivity contribution is 5.86. The molecular weight excluding hydrogens is 548 g/mol. The number of benzene rings is 2. The van der Waals surface area contributed by atoms with E-state index in [0.29, 0.717) is 5.56 Å². The summed E-state index contributed by atoms with van der Waals surface area (Å²) in [6.07, 6.45) is -15.1. The molecule has 2 aromatic carbocycles. The van der Waals surface area contributed by atoms with E-state index in [9.17, 15) is 45.6 Å². The molecule has 10 atom stereocenters. The van der Waals surface area contributed by atoms with Gasteiger partial charge in [-0.25, -0.2) is 0 Å². The number of phenols is 2. The molecule has 0 aliphatic carbocycles. The van der Waals surface area contributed by atoms with Crippen molar-refractivity contribution in [2.45, 2.75) is 68.3 Å². The maximum absolute atomic E-state index is 12.7. The van der Waals surface area contributed by atoms with E-state index < -0.39 is 79.2 Å². The molecule has 0 saturated carbocycles. The molecule has 2 saturated heterocycles. The Bertz CT molecular complexity index is 1420. The fourth-order valence-electron chi connectivity index (χ4n) is 4.81. The molecule has 3 aromatic rings. The van der Waals surface area contributed by atoms with E-state index in [-0.39, 0.29) is 28.2 Å². The maximum atomic E-state index is 12.7. The molecule has 2 aliphatic rings. The standard InChI is InChI=1S/C27H30O14/c1-10-20(32)21(33)23(35)26(37-10)41-25-18(9-28)40-27(24(36)22(25)34)38-13-6-14(30)19-15(31)8-16(39-17(19)7-13)11-2-4-12(29)5-3-11/h2-8,10,18,20-30,32-36H,9H2,1H3/t10-,18+,20-,21+,22+,23+,24+,25+,26-,27+/m0/s1. The summed E-state index contributed by atoms with van der Waals surface area (Å²) in [6, 6.07) is 9.40. The fourth-order valence-corrected chi connectivity index (χ4v) is 4.81. The van der Waals surface area contributed by atoms with Crippen LogP contribution in [0.1, 0.15) is 6.92 Å². The number of hydrogen-bond donors (Lipinski definition) is 8. The molecule has 0 radical (unpaired) electrons. The third-order valence-corrected chi connectivity index (χ3v) is 7.11. The van der Waals surface area contributed by atoms with E-state index in [4.69, 9.17) is 23.4 Å². The number of aliphatic hydroxyl groups excluding tert-OH is 6. The first-order valence-electron chi connectivity index (χ1n) is 12.7. The van der Waals surface area contributed by atoms with Crippen LogP contribution in [0, 0.1) is 0 Å². The zero-order chi connectivity index (χ0) is 29.6. The van der Waals surface area contributed by atoms with Crippen molar-refractivity contribution in [1.29, 1.82) is 0 Å². The molecule has 222 valence electrons. The van der Waals surface area contributed by atoms with Crippen LogP contribution in [-0.2, 0) is 14.2 Å². The van der Waals surface area contributed by atoms with Crippen molar-refractivity contribution < 1.29 is 64.2 Å². The molecule has 5 rings (SSSR count). The van der Waals surface area contributed by atoms with Gasteiger partial charge in [-0.3, -0.25) is 4.79 Å². The summed E-state index contributed by atoms with van der Waals surface area (Å²) in [5, 5.41) is 81.6. The monoisotopic (exact) mass is 578 g/mol. The number of fused-ring (bicyclic) bond motifs is 1. The van der Waals surface area contributed by atoms with Crippen molar-refractivity contribution in [2.75, 3.05) is 6.61 Å². The number of aromatic hydroxyl groups is 2. The Balaban J connectivity index is 1.37. The van der Waals surface area contributed by atoms with Crippen LogP contribution < -0.4 is 10.2 Å². The average molecular weight is 579 g/mol. The van der Waals surface area contributed by atoms with Crippen LogP contribution in [0.2, 0.25) is 0 Å². The predicted octanol–water partition coefficient (Wildman–Crippen LogP) is -1.10. The summed E-state index contributed by atoms with van der Waals surface area (Å²) in [4.78, 5) is 12.7. The van der Waals surface area contributed by atoms with Gasteiger partial charge in [-0.05, 0) is 31.2 Å². The second-order valence-corrected chi connectivity index (χ2v) is 9.94. The van der Waals surface area contributed by atoms with Gasteiger partial charge in [-0.15, -0.1) is 0 Å². The van der Waals surface area contributed by atoms with E-state index in [1.54, 1.807) is 0 Å². The zero-order valence-electron chi connectivity index (χ0n) is 21.5. The van der Waals surface area contributed by atoms with Crippen LogP contribution in [0.25, 0.3) is 22.3 Å². The molecule has 41 heavy (non-hydrogen) atoms. The third kappa shape index (κ3) is 5.61. The van der Waals surface area contributed by atoms with Gasteiger partial charge in [0, 0.05) is 23.8 Å². The minimum atomic E-state index is -1.79. The Morgan fingerprint density at radius 2 is 1.51 bits per heavy atom. The van der Waals surface area contributed by atoms with Crippen molar-refractivity contribution in [3.8, 4) is 28.6 Å². The summed E-state index contributed by atoms with van der Waals surface area (Å²) in [5.74, 6) is -0.457. The molecule has 0 amide bonds. The van der Waals surface area contributed by atoms with Crippen molar-refractivity contribution >= 4 is 11.0 Å². The van der Waals surface area contributed by atoms with Crippen LogP contribution >= 0.6 is 0 Å². The van der Waals surface area contributed by atoms with Crippen LogP contribution in [0.4, 0.5) is 0 Å². The topological polar surface area (TPSA) is 229 Å². The molecule has 0 unspecified atom stereocenters. The van der Waals surface area contributed by atoms with Crippen LogP contribution in [-0.4, -0.2) is 109 Å². The van der Waals surface area contributed by atoms with Gasteiger partial charge >= 0.3 is 0 Å². The summed E-state index contributed by atoms with van der Waals surface area (Å²) in [5.41, 5.74) is -0.149. The molecule has 2 aliphatic heterocycles. The molecule has 2 fully saturated rings. The fraction of sp³-hybridized carbons (Fsp3) is 0.444. The third-order valence-electron chi connectivity index (χ3n) is 7.11. The Kier molecular flexibility index (Phi) is 8.20.